The van der Waals surface area contributed by atoms with Crippen molar-refractivity contribution in [2.75, 3.05) is 49.0 Å². The van der Waals surface area contributed by atoms with Crippen molar-refractivity contribution >= 4 is 38.2 Å². The van der Waals surface area contributed by atoms with Gasteiger partial charge >= 0.3 is 6.01 Å². The van der Waals surface area contributed by atoms with E-state index in [0.717, 1.165) is 30.2 Å². The van der Waals surface area contributed by atoms with Gasteiger partial charge in [0.2, 0.25) is 0 Å². The summed E-state index contributed by atoms with van der Waals surface area (Å²) in [4.78, 5) is 27.0. The largest absolute Gasteiger partial charge is 0.462 e. The second kappa shape index (κ2) is 11.4. The van der Waals surface area contributed by atoms with Crippen LogP contribution in [-0.2, 0) is 21.4 Å². The summed E-state index contributed by atoms with van der Waals surface area (Å²) in [5, 5.41) is 11.0. The Morgan fingerprint density at radius 3 is 2.67 bits per heavy atom. The number of hydrogen-bond acceptors (Lipinski definition) is 9. The van der Waals surface area contributed by atoms with Crippen LogP contribution in [0.5, 0.6) is 6.01 Å². The first-order chi connectivity index (χ1) is 20.7. The van der Waals surface area contributed by atoms with Crippen LogP contribution in [0.1, 0.15) is 24.8 Å². The molecule has 13 heteroatoms. The third-order valence-corrected chi connectivity index (χ3v) is 10.2. The highest BCUT2D eigenvalue weighted by molar-refractivity contribution is 7.93. The first kappa shape index (κ1) is 28.8. The number of hydrogen-bond donors (Lipinski definition) is 0. The van der Waals surface area contributed by atoms with Crippen molar-refractivity contribution in [2.45, 2.75) is 42.9 Å². The molecule has 0 radical (unpaired) electrons. The van der Waals surface area contributed by atoms with Crippen LogP contribution >= 0.6 is 0 Å². The lowest BCUT2D eigenvalue weighted by molar-refractivity contribution is -0.131. The Morgan fingerprint density at radius 2 is 1.93 bits per heavy atom. The maximum absolute atomic E-state index is 14.1. The SMILES string of the molecule is C=C(F)C(=O)N1CCN(c2nc(OC[C@@H]3CCCN3C)nc3c2CN(c2cccc4ccccc24)S3(=O)=O)C[C@@H]1CC#N. The Balaban J connectivity index is 1.40. The summed E-state index contributed by atoms with van der Waals surface area (Å²) < 4.78 is 49.4. The predicted octanol–water partition coefficient (Wildman–Crippen LogP) is 3.23. The molecule has 224 valence electrons. The van der Waals surface area contributed by atoms with Gasteiger partial charge in [0.25, 0.3) is 15.9 Å². The highest BCUT2D eigenvalue weighted by Crippen LogP contribution is 2.41. The monoisotopic (exact) mass is 605 g/mol. The minimum Gasteiger partial charge on any atom is -0.462 e. The summed E-state index contributed by atoms with van der Waals surface area (Å²) in [7, 11) is -2.08. The fraction of sp³-hybridized carbons (Fsp3) is 0.400. The van der Waals surface area contributed by atoms with Crippen LogP contribution in [0.2, 0.25) is 0 Å². The highest BCUT2D eigenvalue weighted by atomic mass is 32.2. The molecule has 3 aliphatic rings. The average Bonchev–Trinajstić information content (AvgIpc) is 3.53. The van der Waals surface area contributed by atoms with Crippen LogP contribution < -0.4 is 13.9 Å². The van der Waals surface area contributed by atoms with Gasteiger partial charge in [-0.1, -0.05) is 43.0 Å². The summed E-state index contributed by atoms with van der Waals surface area (Å²) in [6.45, 7) is 4.87. The molecule has 0 saturated carbocycles. The van der Waals surface area contributed by atoms with Gasteiger partial charge < -0.3 is 19.4 Å². The number of likely N-dealkylation sites (N-methyl/N-ethyl adjacent to an activating group) is 1. The molecule has 2 atom stereocenters. The number of likely N-dealkylation sites (tertiary alicyclic amines) is 1. The van der Waals surface area contributed by atoms with E-state index in [0.29, 0.717) is 23.7 Å². The van der Waals surface area contributed by atoms with E-state index >= 15 is 0 Å². The standard InChI is InChI=1S/C30H32FN7O4S/c1-20(31)29(39)37-16-15-36(17-22(37)12-13-32)27-25-18-38(26-11-5-8-21-7-3-4-10-24(21)26)43(40,41)28(25)34-30(33-27)42-19-23-9-6-14-35(23)2/h3-5,7-8,10-11,22-23H,1,6,9,12,14-19H2,2H3/t22-,23-/m0/s1. The number of carbonyl (C=O) groups is 1. The van der Waals surface area contributed by atoms with Crippen LogP contribution in [0.25, 0.3) is 10.8 Å². The maximum Gasteiger partial charge on any atom is 0.319 e. The molecule has 2 fully saturated rings. The summed E-state index contributed by atoms with van der Waals surface area (Å²) in [5.74, 6) is -1.59. The Kier molecular flexibility index (Phi) is 7.66. The fourth-order valence-corrected chi connectivity index (χ4v) is 7.78. The van der Waals surface area contributed by atoms with E-state index in [2.05, 4.69) is 22.5 Å². The molecule has 2 aromatic carbocycles. The van der Waals surface area contributed by atoms with Gasteiger partial charge in [-0.15, -0.1) is 0 Å². The number of nitriles is 1. The van der Waals surface area contributed by atoms with Crippen LogP contribution in [0.15, 0.2) is 59.9 Å². The molecule has 0 unspecified atom stereocenters. The maximum atomic E-state index is 14.1. The van der Waals surface area contributed by atoms with E-state index in [1.165, 1.54) is 9.21 Å². The second-order valence-corrected chi connectivity index (χ2v) is 12.9. The van der Waals surface area contributed by atoms with E-state index in [-0.39, 0.29) is 49.7 Å². The number of anilines is 2. The molecular weight excluding hydrogens is 573 g/mol. The van der Waals surface area contributed by atoms with Crippen LogP contribution in [0, 0.1) is 11.3 Å². The van der Waals surface area contributed by atoms with Gasteiger partial charge in [-0.3, -0.25) is 9.10 Å². The van der Waals surface area contributed by atoms with Crippen molar-refractivity contribution < 1.29 is 22.3 Å². The van der Waals surface area contributed by atoms with Gasteiger partial charge in [0.1, 0.15) is 12.4 Å². The lowest BCUT2D eigenvalue weighted by Crippen LogP contribution is -2.55. The van der Waals surface area contributed by atoms with Gasteiger partial charge in [0.05, 0.1) is 36.3 Å². The minimum atomic E-state index is -4.09. The number of ether oxygens (including phenoxy) is 1. The van der Waals surface area contributed by atoms with Crippen molar-refractivity contribution in [1.82, 2.24) is 19.8 Å². The number of amides is 1. The predicted molar refractivity (Wildman–Crippen MR) is 159 cm³/mol. The summed E-state index contributed by atoms with van der Waals surface area (Å²) in [6, 6.07) is 14.6. The summed E-state index contributed by atoms with van der Waals surface area (Å²) in [5.41, 5.74) is 0.931. The number of sulfonamides is 1. The first-order valence-electron chi connectivity index (χ1n) is 14.2. The van der Waals surface area contributed by atoms with Gasteiger partial charge in [0, 0.05) is 31.1 Å². The number of halogens is 1. The van der Waals surface area contributed by atoms with Gasteiger partial charge in [-0.2, -0.15) is 23.6 Å². The number of nitrogens with zero attached hydrogens (tertiary/aromatic N) is 7. The molecule has 0 N–H and O–H groups in total. The first-order valence-corrected chi connectivity index (χ1v) is 15.6. The molecule has 0 bridgehead atoms. The van der Waals surface area contributed by atoms with Gasteiger partial charge in [-0.25, -0.2) is 4.39 Å². The quantitative estimate of drug-likeness (QED) is 0.295. The number of piperazine rings is 1. The second-order valence-electron chi connectivity index (χ2n) is 11.1. The Morgan fingerprint density at radius 1 is 1.14 bits per heavy atom. The Hall–Kier alpha value is -4.28. The van der Waals surface area contributed by atoms with E-state index in [1.54, 1.807) is 6.07 Å². The average molecular weight is 606 g/mol. The van der Waals surface area contributed by atoms with Gasteiger partial charge in [0.15, 0.2) is 10.9 Å². The van der Waals surface area contributed by atoms with E-state index < -0.39 is 27.8 Å². The topological polar surface area (TPSA) is 123 Å². The Labute approximate surface area is 249 Å². The van der Waals surface area contributed by atoms with E-state index in [1.807, 2.05) is 48.3 Å². The third kappa shape index (κ3) is 5.25. The van der Waals surface area contributed by atoms with E-state index in [9.17, 15) is 22.9 Å². The smallest absolute Gasteiger partial charge is 0.319 e. The number of rotatable bonds is 7. The molecule has 11 nitrogen and oxygen atoms in total. The summed E-state index contributed by atoms with van der Waals surface area (Å²) >= 11 is 0. The molecule has 6 rings (SSSR count). The van der Waals surface area contributed by atoms with Gasteiger partial charge in [-0.05, 0) is 37.9 Å². The molecule has 0 aliphatic carbocycles. The molecule has 1 amide bonds. The molecule has 1 aromatic heterocycles. The zero-order valence-electron chi connectivity index (χ0n) is 23.8. The number of aromatic nitrogens is 2. The van der Waals surface area contributed by atoms with Crippen molar-refractivity contribution in [3.63, 3.8) is 0 Å². The fourth-order valence-electron chi connectivity index (χ4n) is 6.20. The lowest BCUT2D eigenvalue weighted by Gasteiger charge is -2.41. The lowest BCUT2D eigenvalue weighted by atomic mass is 10.1. The highest BCUT2D eigenvalue weighted by Gasteiger charge is 2.43. The number of carbonyl (C=O) groups excluding carboxylic acids is 1. The van der Waals surface area contributed by atoms with Crippen molar-refractivity contribution in [3.8, 4) is 12.1 Å². The van der Waals surface area contributed by atoms with Crippen molar-refractivity contribution in [2.24, 2.45) is 0 Å². The normalized spacial score (nSPS) is 21.6. The van der Waals surface area contributed by atoms with E-state index in [4.69, 9.17) is 9.72 Å². The van der Waals surface area contributed by atoms with Crippen LogP contribution in [0.4, 0.5) is 15.9 Å². The zero-order chi connectivity index (χ0) is 30.3. The number of fused-ring (bicyclic) bond motifs is 2. The molecule has 43 heavy (non-hydrogen) atoms. The molecule has 2 saturated heterocycles. The number of benzene rings is 2. The van der Waals surface area contributed by atoms with Crippen molar-refractivity contribution in [3.05, 3.63) is 60.4 Å². The van der Waals surface area contributed by atoms with Crippen LogP contribution in [0.3, 0.4) is 0 Å². The molecule has 0 spiro atoms. The molecule has 3 aromatic rings. The third-order valence-electron chi connectivity index (χ3n) is 8.48. The molecule has 3 aliphatic heterocycles. The summed E-state index contributed by atoms with van der Waals surface area (Å²) in [6.07, 6.45) is 1.96. The van der Waals surface area contributed by atoms with Crippen LogP contribution in [-0.4, -0.2) is 86.0 Å². The molecular formula is C30H32FN7O4S. The zero-order valence-corrected chi connectivity index (χ0v) is 24.6. The minimum absolute atomic E-state index is 0.00397. The molecule has 4 heterocycles. The Bertz CT molecular complexity index is 1740. The van der Waals surface area contributed by atoms with Crippen molar-refractivity contribution in [1.29, 1.82) is 5.26 Å².